The van der Waals surface area contributed by atoms with Gasteiger partial charge in [-0.2, -0.15) is 0 Å². The molecule has 2 heterocycles. The molecule has 2 aromatic rings. The quantitative estimate of drug-likeness (QED) is 0.765. The minimum Gasteiger partial charge on any atom is -0.378 e. The summed E-state index contributed by atoms with van der Waals surface area (Å²) in [6.45, 7) is 6.93. The number of nitrogens with zero attached hydrogens (tertiary/aromatic N) is 4. The van der Waals surface area contributed by atoms with Gasteiger partial charge < -0.3 is 19.1 Å². The van der Waals surface area contributed by atoms with Crippen molar-refractivity contribution in [2.24, 2.45) is 0 Å². The normalized spacial score (nSPS) is 18.5. The Morgan fingerprint density at radius 2 is 2.00 bits per heavy atom. The number of anilines is 1. The number of hydrogen-bond acceptors (Lipinski definition) is 4. The minimum atomic E-state index is 0.278. The van der Waals surface area contributed by atoms with Crippen molar-refractivity contribution in [3.63, 3.8) is 0 Å². The van der Waals surface area contributed by atoms with Crippen molar-refractivity contribution in [2.45, 2.75) is 58.0 Å². The average molecular weight is 385 g/mol. The Hall–Kier alpha value is -2.08. The highest BCUT2D eigenvalue weighted by atomic mass is 16.5. The highest BCUT2D eigenvalue weighted by Gasteiger charge is 2.24. The van der Waals surface area contributed by atoms with Gasteiger partial charge in [-0.15, -0.1) is 0 Å². The third kappa shape index (κ3) is 4.02. The molecule has 0 N–H and O–H groups in total. The molecule has 1 aromatic heterocycles. The summed E-state index contributed by atoms with van der Waals surface area (Å²) in [5.74, 6) is 0.278. The Kier molecular flexibility index (Phi) is 6.15. The number of aromatic nitrogens is 2. The maximum atomic E-state index is 12.9. The number of imidazole rings is 1. The number of para-hydroxylation sites is 1. The van der Waals surface area contributed by atoms with Crippen LogP contribution in [0.25, 0.3) is 11.0 Å². The van der Waals surface area contributed by atoms with Gasteiger partial charge >= 0.3 is 0 Å². The van der Waals surface area contributed by atoms with Crippen LogP contribution in [0.4, 0.5) is 5.69 Å². The Balaban J connectivity index is 1.45. The van der Waals surface area contributed by atoms with E-state index in [-0.39, 0.29) is 5.91 Å². The second kappa shape index (κ2) is 8.95. The van der Waals surface area contributed by atoms with E-state index in [4.69, 9.17) is 4.74 Å². The van der Waals surface area contributed by atoms with Gasteiger partial charge in [0, 0.05) is 38.6 Å². The molecule has 2 fully saturated rings. The lowest BCUT2D eigenvalue weighted by molar-refractivity contribution is -0.134. The molecule has 6 heteroatoms. The summed E-state index contributed by atoms with van der Waals surface area (Å²) in [6.07, 6.45) is 8.58. The molecule has 2 aliphatic rings. The molecule has 0 radical (unpaired) electrons. The average Bonchev–Trinajstić information content (AvgIpc) is 3.17. The molecule has 1 aliphatic carbocycles. The Morgan fingerprint density at radius 1 is 1.21 bits per heavy atom. The summed E-state index contributed by atoms with van der Waals surface area (Å²) in [7, 11) is 0. The number of hydrogen-bond donors (Lipinski definition) is 0. The summed E-state index contributed by atoms with van der Waals surface area (Å²) in [6, 6.07) is 6.78. The molecular formula is C22H32N4O2. The zero-order valence-corrected chi connectivity index (χ0v) is 17.0. The lowest BCUT2D eigenvalue weighted by Crippen LogP contribution is -2.41. The van der Waals surface area contributed by atoms with Gasteiger partial charge in [-0.1, -0.05) is 25.3 Å². The molecular weight excluding hydrogens is 352 g/mol. The van der Waals surface area contributed by atoms with Crippen LogP contribution < -0.4 is 4.90 Å². The van der Waals surface area contributed by atoms with Crippen molar-refractivity contribution < 1.29 is 9.53 Å². The lowest BCUT2D eigenvalue weighted by atomic mass is 9.94. The van der Waals surface area contributed by atoms with E-state index in [9.17, 15) is 4.79 Å². The third-order valence-corrected chi connectivity index (χ3v) is 6.22. The second-order valence-electron chi connectivity index (χ2n) is 7.90. The smallest absolute Gasteiger partial charge is 0.224 e. The number of ether oxygens (including phenoxy) is 1. The van der Waals surface area contributed by atoms with E-state index in [0.717, 1.165) is 56.7 Å². The molecule has 28 heavy (non-hydrogen) atoms. The molecule has 1 amide bonds. The molecule has 152 valence electrons. The summed E-state index contributed by atoms with van der Waals surface area (Å²) in [5.41, 5.74) is 3.30. The van der Waals surface area contributed by atoms with Crippen LogP contribution in [0, 0.1) is 0 Å². The van der Waals surface area contributed by atoms with Crippen LogP contribution >= 0.6 is 0 Å². The minimum absolute atomic E-state index is 0.278. The van der Waals surface area contributed by atoms with Gasteiger partial charge in [0.05, 0.1) is 30.7 Å². The van der Waals surface area contributed by atoms with Crippen molar-refractivity contribution in [3.05, 3.63) is 24.5 Å². The highest BCUT2D eigenvalue weighted by Crippen LogP contribution is 2.27. The molecule has 1 saturated heterocycles. The molecule has 1 aromatic carbocycles. The van der Waals surface area contributed by atoms with Gasteiger partial charge in [-0.3, -0.25) is 4.79 Å². The molecule has 0 spiro atoms. The second-order valence-corrected chi connectivity index (χ2v) is 7.90. The fourth-order valence-electron chi connectivity index (χ4n) is 4.70. The number of benzene rings is 1. The van der Waals surface area contributed by atoms with E-state index in [1.54, 1.807) is 0 Å². The molecule has 6 nitrogen and oxygen atoms in total. The highest BCUT2D eigenvalue weighted by molar-refractivity contribution is 5.89. The van der Waals surface area contributed by atoms with Gasteiger partial charge in [-0.05, 0) is 31.9 Å². The largest absolute Gasteiger partial charge is 0.378 e. The number of morpholine rings is 1. The first-order valence-electron chi connectivity index (χ1n) is 10.8. The Morgan fingerprint density at radius 3 is 2.75 bits per heavy atom. The maximum absolute atomic E-state index is 12.9. The SMILES string of the molecule is CCN(C(=O)CCn1cnc2c(N3CCOCC3)cccc21)C1CCCCC1. The first kappa shape index (κ1) is 19.2. The monoisotopic (exact) mass is 384 g/mol. The molecule has 0 unspecified atom stereocenters. The Bertz CT molecular complexity index is 791. The van der Waals surface area contributed by atoms with E-state index in [0.29, 0.717) is 19.0 Å². The summed E-state index contributed by atoms with van der Waals surface area (Å²) < 4.78 is 7.61. The number of rotatable bonds is 6. The van der Waals surface area contributed by atoms with Gasteiger partial charge in [0.2, 0.25) is 5.91 Å². The summed E-state index contributed by atoms with van der Waals surface area (Å²) in [5, 5.41) is 0. The fourth-order valence-corrected chi connectivity index (χ4v) is 4.70. The van der Waals surface area contributed by atoms with Crippen molar-refractivity contribution in [3.8, 4) is 0 Å². The van der Waals surface area contributed by atoms with Gasteiger partial charge in [0.25, 0.3) is 0 Å². The predicted molar refractivity (Wildman–Crippen MR) is 112 cm³/mol. The summed E-state index contributed by atoms with van der Waals surface area (Å²) in [4.78, 5) is 22.0. The number of carbonyl (C=O) groups excluding carboxylic acids is 1. The predicted octanol–water partition coefficient (Wildman–Crippen LogP) is 3.44. The van der Waals surface area contributed by atoms with Gasteiger partial charge in [0.1, 0.15) is 5.52 Å². The van der Waals surface area contributed by atoms with Crippen molar-refractivity contribution >= 4 is 22.6 Å². The van der Waals surface area contributed by atoms with Crippen molar-refractivity contribution in [2.75, 3.05) is 37.7 Å². The van der Waals surface area contributed by atoms with Crippen molar-refractivity contribution in [1.82, 2.24) is 14.5 Å². The van der Waals surface area contributed by atoms with E-state index in [1.165, 1.54) is 24.9 Å². The van der Waals surface area contributed by atoms with Crippen LogP contribution in [0.1, 0.15) is 45.4 Å². The number of carbonyl (C=O) groups is 1. The zero-order valence-electron chi connectivity index (χ0n) is 17.0. The van der Waals surface area contributed by atoms with Crippen LogP contribution in [-0.2, 0) is 16.1 Å². The number of amides is 1. The fraction of sp³-hybridized carbons (Fsp3) is 0.636. The van der Waals surface area contributed by atoms with Crippen LogP contribution in [0.15, 0.2) is 24.5 Å². The van der Waals surface area contributed by atoms with Crippen LogP contribution in [0.5, 0.6) is 0 Å². The Labute approximate surface area is 167 Å². The first-order valence-corrected chi connectivity index (χ1v) is 10.8. The van der Waals surface area contributed by atoms with E-state index < -0.39 is 0 Å². The standard InChI is InChI=1S/C22H32N4O2/c1-2-26(18-7-4-3-5-8-18)21(27)11-12-25-17-23-22-19(9-6-10-20(22)25)24-13-15-28-16-14-24/h6,9-10,17-18H,2-5,7-8,11-16H2,1H3. The van der Waals surface area contributed by atoms with Crippen LogP contribution in [-0.4, -0.2) is 59.2 Å². The molecule has 0 bridgehead atoms. The molecule has 0 atom stereocenters. The number of aryl methyl sites for hydroxylation is 1. The van der Waals surface area contributed by atoms with Gasteiger partial charge in [-0.25, -0.2) is 4.98 Å². The zero-order chi connectivity index (χ0) is 19.3. The molecule has 1 aliphatic heterocycles. The van der Waals surface area contributed by atoms with Crippen molar-refractivity contribution in [1.29, 1.82) is 0 Å². The lowest BCUT2D eigenvalue weighted by Gasteiger charge is -2.33. The topological polar surface area (TPSA) is 50.6 Å². The van der Waals surface area contributed by atoms with Crippen LogP contribution in [0.2, 0.25) is 0 Å². The third-order valence-electron chi connectivity index (χ3n) is 6.22. The van der Waals surface area contributed by atoms with E-state index in [2.05, 4.69) is 44.5 Å². The van der Waals surface area contributed by atoms with Gasteiger partial charge in [0.15, 0.2) is 0 Å². The van der Waals surface area contributed by atoms with Crippen LogP contribution in [0.3, 0.4) is 0 Å². The molecule has 4 rings (SSSR count). The van der Waals surface area contributed by atoms with E-state index in [1.807, 2.05) is 6.33 Å². The molecule has 1 saturated carbocycles. The number of fused-ring (bicyclic) bond motifs is 1. The maximum Gasteiger partial charge on any atom is 0.224 e. The first-order chi connectivity index (χ1) is 13.8. The summed E-state index contributed by atoms with van der Waals surface area (Å²) >= 11 is 0. The van der Waals surface area contributed by atoms with E-state index >= 15 is 0 Å².